The van der Waals surface area contributed by atoms with Crippen molar-refractivity contribution in [2.75, 3.05) is 20.6 Å². The summed E-state index contributed by atoms with van der Waals surface area (Å²) in [5.41, 5.74) is 0. The van der Waals surface area contributed by atoms with Crippen molar-refractivity contribution in [3.63, 3.8) is 0 Å². The van der Waals surface area contributed by atoms with Gasteiger partial charge in [0, 0.05) is 6.42 Å². The molecule has 0 aromatic heterocycles. The minimum Gasteiger partial charge on any atom is -0.462 e. The van der Waals surface area contributed by atoms with E-state index in [0.29, 0.717) is 18.3 Å². The van der Waals surface area contributed by atoms with E-state index in [1.807, 2.05) is 6.08 Å². The third-order valence-corrected chi connectivity index (χ3v) is 5.84. The lowest BCUT2D eigenvalue weighted by molar-refractivity contribution is -0.153. The largest absolute Gasteiger partial charge is 0.462 e. The average Bonchev–Trinajstić information content (AvgIpc) is 2.69. The molecule has 0 spiro atoms. The summed E-state index contributed by atoms with van der Waals surface area (Å²) in [6.07, 6.45) is 19.6. The molecule has 0 aliphatic heterocycles. The van der Waals surface area contributed by atoms with Crippen molar-refractivity contribution in [2.24, 2.45) is 11.8 Å². The van der Waals surface area contributed by atoms with E-state index in [1.165, 1.54) is 32.1 Å². The molecule has 0 aromatic rings. The molecule has 29 heavy (non-hydrogen) atoms. The van der Waals surface area contributed by atoms with Crippen LogP contribution in [0.3, 0.4) is 0 Å². The number of carbonyl (C=O) groups is 1. The topological polar surface area (TPSA) is 29.5 Å². The highest BCUT2D eigenvalue weighted by atomic mass is 16.5. The molecular formula is C26H49NO2. The van der Waals surface area contributed by atoms with E-state index in [4.69, 9.17) is 4.74 Å². The van der Waals surface area contributed by atoms with E-state index >= 15 is 0 Å². The summed E-state index contributed by atoms with van der Waals surface area (Å²) < 4.78 is 5.91. The summed E-state index contributed by atoms with van der Waals surface area (Å²) in [7, 11) is 4.13. The number of allylic oxidation sites excluding steroid dienone is 3. The van der Waals surface area contributed by atoms with Crippen LogP contribution in [0.25, 0.3) is 0 Å². The van der Waals surface area contributed by atoms with Gasteiger partial charge in [-0.3, -0.25) is 4.79 Å². The summed E-state index contributed by atoms with van der Waals surface area (Å²) in [5.74, 6) is 0.874. The molecule has 0 N–H and O–H groups in total. The van der Waals surface area contributed by atoms with E-state index in [0.717, 1.165) is 45.1 Å². The Kier molecular flexibility index (Phi) is 18.2. The van der Waals surface area contributed by atoms with Gasteiger partial charge in [-0.15, -0.1) is 6.58 Å². The summed E-state index contributed by atoms with van der Waals surface area (Å²) in [6.45, 7) is 11.6. The van der Waals surface area contributed by atoms with Gasteiger partial charge in [-0.25, -0.2) is 0 Å². The first-order valence-electron chi connectivity index (χ1n) is 12.0. The fourth-order valence-electron chi connectivity index (χ4n) is 3.55. The van der Waals surface area contributed by atoms with Crippen molar-refractivity contribution in [1.29, 1.82) is 0 Å². The molecule has 0 aliphatic carbocycles. The highest BCUT2D eigenvalue weighted by molar-refractivity contribution is 5.69. The molecule has 0 rings (SSSR count). The van der Waals surface area contributed by atoms with Crippen molar-refractivity contribution in [3.05, 3.63) is 24.8 Å². The van der Waals surface area contributed by atoms with Crippen LogP contribution in [0.2, 0.25) is 0 Å². The summed E-state index contributed by atoms with van der Waals surface area (Å²) in [6, 6.07) is 0. The quantitative estimate of drug-likeness (QED) is 0.129. The minimum atomic E-state index is -0.0381. The van der Waals surface area contributed by atoms with Crippen molar-refractivity contribution in [2.45, 2.75) is 104 Å². The number of ether oxygens (including phenoxy) is 1. The third-order valence-electron chi connectivity index (χ3n) is 5.84. The molecule has 0 heterocycles. The smallest absolute Gasteiger partial charge is 0.306 e. The molecule has 0 aliphatic rings. The van der Waals surface area contributed by atoms with E-state index in [2.05, 4.69) is 58.5 Å². The maximum atomic E-state index is 12.3. The second kappa shape index (κ2) is 18.9. The zero-order valence-electron chi connectivity index (χ0n) is 20.1. The standard InChI is InChI=1S/C26H49NO2/c1-7-9-11-12-13-14-15-16-19-23(3)24(4)25(20-10-8-2)29-26(28)21-17-18-22-27(5)6/h8,14-15,23-25H,2,7,9-13,16-22H2,1,3-6H3/b15-14-. The number of rotatable bonds is 19. The van der Waals surface area contributed by atoms with Crippen molar-refractivity contribution >= 4 is 5.97 Å². The molecule has 0 radical (unpaired) electrons. The zero-order chi connectivity index (χ0) is 21.9. The molecule has 0 amide bonds. The molecule has 0 saturated heterocycles. The van der Waals surface area contributed by atoms with Gasteiger partial charge in [0.05, 0.1) is 0 Å². The molecule has 0 fully saturated rings. The van der Waals surface area contributed by atoms with Crippen LogP contribution in [-0.2, 0) is 9.53 Å². The van der Waals surface area contributed by atoms with Gasteiger partial charge in [0.25, 0.3) is 0 Å². The summed E-state index contributed by atoms with van der Waals surface area (Å²) >= 11 is 0. The van der Waals surface area contributed by atoms with Gasteiger partial charge < -0.3 is 9.64 Å². The first kappa shape index (κ1) is 27.9. The van der Waals surface area contributed by atoms with Crippen LogP contribution >= 0.6 is 0 Å². The molecule has 3 unspecified atom stereocenters. The Labute approximate surface area is 182 Å². The second-order valence-electron chi connectivity index (χ2n) is 8.89. The third kappa shape index (κ3) is 16.4. The van der Waals surface area contributed by atoms with Crippen molar-refractivity contribution < 1.29 is 9.53 Å². The Bertz CT molecular complexity index is 430. The van der Waals surface area contributed by atoms with Gasteiger partial charge in [0.2, 0.25) is 0 Å². The molecule has 3 heteroatoms. The van der Waals surface area contributed by atoms with Gasteiger partial charge >= 0.3 is 5.97 Å². The van der Waals surface area contributed by atoms with Crippen LogP contribution in [-0.4, -0.2) is 37.6 Å². The van der Waals surface area contributed by atoms with Crippen LogP contribution in [0, 0.1) is 11.8 Å². The Morgan fingerprint density at radius 1 is 0.966 bits per heavy atom. The first-order chi connectivity index (χ1) is 13.9. The molecular weight excluding hydrogens is 358 g/mol. The average molecular weight is 408 g/mol. The van der Waals surface area contributed by atoms with Crippen LogP contribution < -0.4 is 0 Å². The number of hydrogen-bond acceptors (Lipinski definition) is 3. The van der Waals surface area contributed by atoms with Gasteiger partial charge in [-0.2, -0.15) is 0 Å². The zero-order valence-corrected chi connectivity index (χ0v) is 20.1. The van der Waals surface area contributed by atoms with Crippen molar-refractivity contribution in [1.82, 2.24) is 4.90 Å². The first-order valence-corrected chi connectivity index (χ1v) is 12.0. The Hall–Kier alpha value is -1.09. The molecule has 3 atom stereocenters. The molecule has 0 saturated carbocycles. The van der Waals surface area contributed by atoms with E-state index < -0.39 is 0 Å². The second-order valence-corrected chi connectivity index (χ2v) is 8.89. The van der Waals surface area contributed by atoms with Gasteiger partial charge in [0.1, 0.15) is 6.10 Å². The lowest BCUT2D eigenvalue weighted by Crippen LogP contribution is -2.29. The predicted octanol–water partition coefficient (Wildman–Crippen LogP) is 7.18. The summed E-state index contributed by atoms with van der Waals surface area (Å²) in [5, 5.41) is 0. The number of carbonyl (C=O) groups excluding carboxylic acids is 1. The molecule has 170 valence electrons. The molecule has 0 bridgehead atoms. The normalized spacial score (nSPS) is 14.8. The van der Waals surface area contributed by atoms with Gasteiger partial charge in [-0.1, -0.05) is 58.3 Å². The number of unbranched alkanes of at least 4 members (excludes halogenated alkanes) is 5. The maximum absolute atomic E-state index is 12.3. The number of esters is 1. The Morgan fingerprint density at radius 3 is 2.34 bits per heavy atom. The van der Waals surface area contributed by atoms with Crippen LogP contribution in [0.1, 0.15) is 97.8 Å². The maximum Gasteiger partial charge on any atom is 0.306 e. The Morgan fingerprint density at radius 2 is 1.69 bits per heavy atom. The summed E-state index contributed by atoms with van der Waals surface area (Å²) in [4.78, 5) is 14.5. The molecule has 0 aromatic carbocycles. The Balaban J connectivity index is 4.31. The van der Waals surface area contributed by atoms with Crippen LogP contribution in [0.5, 0.6) is 0 Å². The minimum absolute atomic E-state index is 0.00220. The predicted molar refractivity (Wildman–Crippen MR) is 127 cm³/mol. The van der Waals surface area contributed by atoms with Gasteiger partial charge in [-0.05, 0) is 83.8 Å². The number of nitrogens with zero attached hydrogens (tertiary/aromatic N) is 1. The monoisotopic (exact) mass is 407 g/mol. The van der Waals surface area contributed by atoms with E-state index in [1.54, 1.807) is 0 Å². The molecule has 3 nitrogen and oxygen atoms in total. The van der Waals surface area contributed by atoms with Crippen LogP contribution in [0.4, 0.5) is 0 Å². The lowest BCUT2D eigenvalue weighted by Gasteiger charge is -2.28. The fraction of sp³-hybridized carbons (Fsp3) is 0.808. The van der Waals surface area contributed by atoms with Crippen molar-refractivity contribution in [3.8, 4) is 0 Å². The van der Waals surface area contributed by atoms with E-state index in [-0.39, 0.29) is 12.1 Å². The highest BCUT2D eigenvalue weighted by Crippen LogP contribution is 2.26. The van der Waals surface area contributed by atoms with E-state index in [9.17, 15) is 4.79 Å². The van der Waals surface area contributed by atoms with Crippen LogP contribution in [0.15, 0.2) is 24.8 Å². The van der Waals surface area contributed by atoms with Gasteiger partial charge in [0.15, 0.2) is 0 Å². The highest BCUT2D eigenvalue weighted by Gasteiger charge is 2.25. The SMILES string of the molecule is C=CCCC(OC(=O)CCCCN(C)C)C(C)C(C)CC/C=C\CCCCCC. The number of hydrogen-bond donors (Lipinski definition) is 0. The fourth-order valence-corrected chi connectivity index (χ4v) is 3.55. The lowest BCUT2D eigenvalue weighted by atomic mass is 9.85.